The Bertz CT molecular complexity index is 546. The summed E-state index contributed by atoms with van der Waals surface area (Å²) >= 11 is 17.6. The fourth-order valence-electron chi connectivity index (χ4n) is 3.42. The third-order valence-electron chi connectivity index (χ3n) is 5.24. The first-order valence-electron chi connectivity index (χ1n) is 11.2. The van der Waals surface area contributed by atoms with Gasteiger partial charge in [-0.05, 0) is 50.3 Å². The van der Waals surface area contributed by atoms with E-state index in [-0.39, 0.29) is 5.97 Å². The number of rotatable bonds is 18. The topological polar surface area (TPSA) is 42.1 Å². The van der Waals surface area contributed by atoms with Crippen LogP contribution in [0.25, 0.3) is 0 Å². The lowest BCUT2D eigenvalue weighted by molar-refractivity contribution is -0.143. The molecule has 0 aliphatic heterocycles. The maximum atomic E-state index is 11.8. The number of unbranched alkanes of at least 4 members (excludes halogenated alkanes) is 10. The highest BCUT2D eigenvalue weighted by molar-refractivity contribution is 7.64. The first kappa shape index (κ1) is 26.9. The van der Waals surface area contributed by atoms with E-state index in [9.17, 15) is 4.79 Å². The van der Waals surface area contributed by atoms with Crippen LogP contribution in [0.15, 0.2) is 12.3 Å². The van der Waals surface area contributed by atoms with Crippen LogP contribution < -0.4 is 0 Å². The number of hydrogen-bond acceptors (Lipinski definition) is 2. The van der Waals surface area contributed by atoms with Crippen molar-refractivity contribution in [1.82, 2.24) is 4.98 Å². The number of carbonyl (C=O) groups is 1. The maximum absolute atomic E-state index is 11.8. The highest BCUT2D eigenvalue weighted by Gasteiger charge is 2.23. The third kappa shape index (κ3) is 16.2. The van der Waals surface area contributed by atoms with Crippen LogP contribution >= 0.6 is 33.2 Å². The molecular formula is C22H38Cl3NO2Si. The number of H-pyrrole nitrogens is 1. The summed E-state index contributed by atoms with van der Waals surface area (Å²) < 4.78 is 5.34. The molecule has 0 aliphatic rings. The second-order valence-corrected chi connectivity index (χ2v) is 17.2. The number of nitrogens with one attached hydrogen (secondary N) is 1. The number of carbonyl (C=O) groups excluding carboxylic acids is 1. The average molecular weight is 483 g/mol. The zero-order chi connectivity index (χ0) is 21.4. The van der Waals surface area contributed by atoms with Gasteiger partial charge in [-0.3, -0.25) is 4.79 Å². The second-order valence-electron chi connectivity index (χ2n) is 7.97. The lowest BCUT2D eigenvalue weighted by atomic mass is 10.1. The highest BCUT2D eigenvalue weighted by Crippen LogP contribution is 2.27. The van der Waals surface area contributed by atoms with Crippen LogP contribution in [0.2, 0.25) is 6.04 Å². The molecule has 0 aliphatic carbocycles. The Hall–Kier alpha value is -0.163. The zero-order valence-electron chi connectivity index (χ0n) is 17.9. The van der Waals surface area contributed by atoms with E-state index < -0.39 is 6.00 Å². The molecule has 1 aromatic rings. The Morgan fingerprint density at radius 3 is 2.10 bits per heavy atom. The summed E-state index contributed by atoms with van der Waals surface area (Å²) in [7, 11) is 0. The highest BCUT2D eigenvalue weighted by atomic mass is 35.8. The van der Waals surface area contributed by atoms with Gasteiger partial charge in [-0.1, -0.05) is 57.8 Å². The lowest BCUT2D eigenvalue weighted by Crippen LogP contribution is -2.07. The summed E-state index contributed by atoms with van der Waals surface area (Å²) in [6.07, 6.45) is 17.2. The van der Waals surface area contributed by atoms with Gasteiger partial charge in [0.1, 0.15) is 0 Å². The van der Waals surface area contributed by atoms with Crippen molar-refractivity contribution in [1.29, 1.82) is 0 Å². The predicted molar refractivity (Wildman–Crippen MR) is 128 cm³/mol. The predicted octanol–water partition coefficient (Wildman–Crippen LogP) is 8.14. The summed E-state index contributed by atoms with van der Waals surface area (Å²) in [4.78, 5) is 15.0. The molecule has 0 bridgehead atoms. The summed E-state index contributed by atoms with van der Waals surface area (Å²) in [6, 6.07) is 0.475. The Morgan fingerprint density at radius 2 is 1.48 bits per heavy atom. The zero-order valence-corrected chi connectivity index (χ0v) is 21.2. The Kier molecular flexibility index (Phi) is 15.3. The van der Waals surface area contributed by atoms with E-state index in [1.54, 1.807) is 0 Å². The van der Waals surface area contributed by atoms with Crippen LogP contribution in [-0.2, 0) is 16.0 Å². The number of hydrogen-bond donors (Lipinski definition) is 1. The molecule has 1 rings (SSSR count). The average Bonchev–Trinajstić information content (AvgIpc) is 3.06. The van der Waals surface area contributed by atoms with Gasteiger partial charge < -0.3 is 9.72 Å². The molecule has 1 N–H and O–H groups in total. The largest absolute Gasteiger partial charge is 0.466 e. The molecular weight excluding hydrogens is 445 g/mol. The van der Waals surface area contributed by atoms with Crippen molar-refractivity contribution in [3.8, 4) is 0 Å². The van der Waals surface area contributed by atoms with Crippen LogP contribution in [-0.4, -0.2) is 23.6 Å². The molecule has 1 heterocycles. The van der Waals surface area contributed by atoms with Crippen LogP contribution in [0.3, 0.4) is 0 Å². The van der Waals surface area contributed by atoms with E-state index in [0.29, 0.717) is 13.0 Å². The van der Waals surface area contributed by atoms with Gasteiger partial charge in [0, 0.05) is 18.3 Å². The number of aryl methyl sites for hydroxylation is 2. The van der Waals surface area contributed by atoms with Crippen molar-refractivity contribution < 1.29 is 9.53 Å². The molecule has 0 saturated heterocycles. The summed E-state index contributed by atoms with van der Waals surface area (Å²) in [6.45, 7) is 2.71. The molecule has 0 atom stereocenters. The van der Waals surface area contributed by atoms with Crippen LogP contribution in [0.4, 0.5) is 0 Å². The number of esters is 1. The van der Waals surface area contributed by atoms with Gasteiger partial charge in [-0.2, -0.15) is 0 Å². The quantitative estimate of drug-likeness (QED) is 0.0992. The molecule has 0 aromatic carbocycles. The molecule has 0 unspecified atom stereocenters. The number of halogens is 3. The van der Waals surface area contributed by atoms with Crippen molar-refractivity contribution in [3.05, 3.63) is 23.5 Å². The second kappa shape index (κ2) is 16.5. The molecule has 29 heavy (non-hydrogen) atoms. The molecule has 0 amide bonds. The van der Waals surface area contributed by atoms with Gasteiger partial charge in [0.25, 0.3) is 0 Å². The third-order valence-corrected chi connectivity index (χ3v) is 7.86. The minimum Gasteiger partial charge on any atom is -0.466 e. The molecule has 0 spiro atoms. The van der Waals surface area contributed by atoms with Gasteiger partial charge in [0.05, 0.1) is 6.61 Å². The molecule has 0 fully saturated rings. The van der Waals surface area contributed by atoms with E-state index in [1.807, 2.05) is 6.20 Å². The molecule has 0 radical (unpaired) electrons. The lowest BCUT2D eigenvalue weighted by Gasteiger charge is -2.07. The first-order valence-corrected chi connectivity index (χ1v) is 16.5. The minimum absolute atomic E-state index is 0.0390. The van der Waals surface area contributed by atoms with Gasteiger partial charge >= 0.3 is 12.0 Å². The molecule has 7 heteroatoms. The molecule has 3 nitrogen and oxygen atoms in total. The monoisotopic (exact) mass is 481 g/mol. The Balaban J connectivity index is 1.80. The minimum atomic E-state index is -2.41. The summed E-state index contributed by atoms with van der Waals surface area (Å²) in [5.41, 5.74) is 2.69. The molecule has 0 saturated carbocycles. The van der Waals surface area contributed by atoms with E-state index >= 15 is 0 Å². The molecule has 168 valence electrons. The fraction of sp³-hybridized carbons (Fsp3) is 0.773. The van der Waals surface area contributed by atoms with Crippen molar-refractivity contribution in [2.24, 2.45) is 0 Å². The van der Waals surface area contributed by atoms with Gasteiger partial charge in [-0.25, -0.2) is 0 Å². The number of aromatic nitrogens is 1. The Labute approximate surface area is 192 Å². The number of ether oxygens (including phenoxy) is 1. The van der Waals surface area contributed by atoms with Crippen molar-refractivity contribution in [2.45, 2.75) is 103 Å². The molecule has 1 aromatic heterocycles. The van der Waals surface area contributed by atoms with Crippen LogP contribution in [0, 0.1) is 6.92 Å². The van der Waals surface area contributed by atoms with Crippen LogP contribution in [0.5, 0.6) is 0 Å². The smallest absolute Gasteiger partial charge is 0.341 e. The standard InChI is InChI=1S/C22H38Cl3NO2Si/c1-20-16-17-26-21(20)14-10-7-8-12-18-28-22(27)15-11-6-4-2-3-5-9-13-19-29(23,24)25/h16-17,26H,2-15,18-19H2,1H3. The van der Waals surface area contributed by atoms with E-state index in [4.69, 9.17) is 38.0 Å². The summed E-state index contributed by atoms with van der Waals surface area (Å²) in [5, 5.41) is 0. The Morgan fingerprint density at radius 1 is 0.897 bits per heavy atom. The normalized spacial score (nSPS) is 11.7. The van der Waals surface area contributed by atoms with Crippen molar-refractivity contribution in [2.75, 3.05) is 6.61 Å². The van der Waals surface area contributed by atoms with E-state index in [0.717, 1.165) is 51.0 Å². The summed E-state index contributed by atoms with van der Waals surface area (Å²) in [5.74, 6) is -0.0390. The van der Waals surface area contributed by atoms with Crippen molar-refractivity contribution in [3.63, 3.8) is 0 Å². The first-order chi connectivity index (χ1) is 13.9. The maximum Gasteiger partial charge on any atom is 0.341 e. The SMILES string of the molecule is Cc1cc[nH]c1CCCCCCOC(=O)CCCCCCCCCC[Si](Cl)(Cl)Cl. The van der Waals surface area contributed by atoms with Gasteiger partial charge in [-0.15, -0.1) is 33.2 Å². The number of aromatic amines is 1. The van der Waals surface area contributed by atoms with E-state index in [1.165, 1.54) is 49.8 Å². The van der Waals surface area contributed by atoms with Crippen LogP contribution in [0.1, 0.15) is 94.7 Å². The fourth-order valence-corrected chi connectivity index (χ4v) is 5.28. The van der Waals surface area contributed by atoms with Crippen molar-refractivity contribution >= 4 is 45.2 Å². The van der Waals surface area contributed by atoms with Gasteiger partial charge in [0.2, 0.25) is 0 Å². The van der Waals surface area contributed by atoms with Gasteiger partial charge in [0.15, 0.2) is 0 Å². The van der Waals surface area contributed by atoms with E-state index in [2.05, 4.69) is 18.0 Å².